The second-order valence-electron chi connectivity index (χ2n) is 5.09. The van der Waals surface area contributed by atoms with E-state index in [-0.39, 0.29) is 25.3 Å². The average Bonchev–Trinajstić information content (AvgIpc) is 2.76. The number of anilines is 1. The van der Waals surface area contributed by atoms with Crippen LogP contribution in [-0.4, -0.2) is 39.3 Å². The zero-order valence-electron chi connectivity index (χ0n) is 11.9. The summed E-state index contributed by atoms with van der Waals surface area (Å²) in [5.74, 6) is -0.820. The standard InChI is InChI=1S/C14H14N4O4/c1-17-12-8(7-11(20)21)3-2-4-9(12)13(16-17)18-6-5-10(19)15-14(18)22/h2-4H,5-7H2,1H3,(H,20,21)(H,15,19,22). The number of imide groups is 1. The molecule has 0 bridgehead atoms. The van der Waals surface area contributed by atoms with Crippen LogP contribution >= 0.6 is 0 Å². The summed E-state index contributed by atoms with van der Waals surface area (Å²) in [6.07, 6.45) is 0.0830. The van der Waals surface area contributed by atoms with Crippen molar-refractivity contribution in [1.82, 2.24) is 15.1 Å². The third-order valence-corrected chi connectivity index (χ3v) is 3.58. The Bertz CT molecular complexity index is 795. The number of hydrogen-bond acceptors (Lipinski definition) is 4. The molecule has 1 aliphatic rings. The van der Waals surface area contributed by atoms with Crippen molar-refractivity contribution in [3.05, 3.63) is 23.8 Å². The number of urea groups is 1. The van der Waals surface area contributed by atoms with Crippen molar-refractivity contribution in [2.75, 3.05) is 11.4 Å². The maximum atomic E-state index is 12.0. The van der Waals surface area contributed by atoms with Gasteiger partial charge in [0.05, 0.1) is 11.9 Å². The summed E-state index contributed by atoms with van der Waals surface area (Å²) in [6, 6.07) is 4.73. The molecule has 1 saturated heterocycles. The maximum absolute atomic E-state index is 12.0. The molecule has 114 valence electrons. The number of aromatic nitrogens is 2. The highest BCUT2D eigenvalue weighted by Gasteiger charge is 2.28. The van der Waals surface area contributed by atoms with Crippen molar-refractivity contribution < 1.29 is 19.5 Å². The second kappa shape index (κ2) is 5.14. The van der Waals surface area contributed by atoms with Gasteiger partial charge in [0.25, 0.3) is 0 Å². The highest BCUT2D eigenvalue weighted by atomic mass is 16.4. The first kappa shape index (κ1) is 14.1. The van der Waals surface area contributed by atoms with Gasteiger partial charge in [-0.25, -0.2) is 4.79 Å². The summed E-state index contributed by atoms with van der Waals surface area (Å²) in [6.45, 7) is 0.250. The molecule has 3 rings (SSSR count). The lowest BCUT2D eigenvalue weighted by Gasteiger charge is -2.24. The molecule has 1 fully saturated rings. The fourth-order valence-electron chi connectivity index (χ4n) is 2.67. The quantitative estimate of drug-likeness (QED) is 0.866. The largest absolute Gasteiger partial charge is 0.481 e. The number of fused-ring (bicyclic) bond motifs is 1. The highest BCUT2D eigenvalue weighted by molar-refractivity contribution is 6.09. The van der Waals surface area contributed by atoms with Gasteiger partial charge >= 0.3 is 12.0 Å². The number of para-hydroxylation sites is 1. The molecular formula is C14H14N4O4. The number of aryl methyl sites for hydroxylation is 1. The van der Waals surface area contributed by atoms with Gasteiger partial charge in [0.2, 0.25) is 5.91 Å². The minimum Gasteiger partial charge on any atom is -0.481 e. The smallest absolute Gasteiger partial charge is 0.329 e. The molecule has 0 unspecified atom stereocenters. The first-order chi connectivity index (χ1) is 10.5. The molecule has 0 spiro atoms. The number of nitrogens with zero attached hydrogens (tertiary/aromatic N) is 3. The van der Waals surface area contributed by atoms with Gasteiger partial charge < -0.3 is 5.11 Å². The molecule has 0 atom stereocenters. The van der Waals surface area contributed by atoms with Crippen molar-refractivity contribution in [3.8, 4) is 0 Å². The Morgan fingerprint density at radius 1 is 1.41 bits per heavy atom. The molecule has 0 radical (unpaired) electrons. The van der Waals surface area contributed by atoms with Gasteiger partial charge in [-0.15, -0.1) is 0 Å². The monoisotopic (exact) mass is 302 g/mol. The first-order valence-electron chi connectivity index (χ1n) is 6.75. The predicted octanol–water partition coefficient (Wildman–Crippen LogP) is 0.647. The van der Waals surface area contributed by atoms with E-state index in [0.29, 0.717) is 22.3 Å². The van der Waals surface area contributed by atoms with E-state index in [2.05, 4.69) is 10.4 Å². The van der Waals surface area contributed by atoms with Crippen molar-refractivity contribution in [2.24, 2.45) is 7.05 Å². The molecule has 8 nitrogen and oxygen atoms in total. The molecule has 1 aromatic carbocycles. The van der Waals surface area contributed by atoms with Crippen LogP contribution in [-0.2, 0) is 23.1 Å². The topological polar surface area (TPSA) is 105 Å². The van der Waals surface area contributed by atoms with Crippen LogP contribution in [0.5, 0.6) is 0 Å². The molecule has 22 heavy (non-hydrogen) atoms. The zero-order chi connectivity index (χ0) is 15.9. The minimum atomic E-state index is -0.934. The normalized spacial score (nSPS) is 15.2. The Hall–Kier alpha value is -2.90. The number of carbonyl (C=O) groups excluding carboxylic acids is 2. The number of nitrogens with one attached hydrogen (secondary N) is 1. The number of carboxylic acids is 1. The lowest BCUT2D eigenvalue weighted by molar-refractivity contribution is -0.136. The lowest BCUT2D eigenvalue weighted by atomic mass is 10.1. The van der Waals surface area contributed by atoms with Crippen LogP contribution in [0, 0.1) is 0 Å². The highest BCUT2D eigenvalue weighted by Crippen LogP contribution is 2.29. The van der Waals surface area contributed by atoms with Crippen molar-refractivity contribution >= 4 is 34.6 Å². The fraction of sp³-hybridized carbons (Fsp3) is 0.286. The van der Waals surface area contributed by atoms with Gasteiger partial charge in [-0.3, -0.25) is 24.5 Å². The minimum absolute atomic E-state index is 0.124. The average molecular weight is 302 g/mol. The molecule has 2 aromatic rings. The molecule has 2 heterocycles. The SMILES string of the molecule is Cn1nc(N2CCC(=O)NC2=O)c2cccc(CC(=O)O)c21. The van der Waals surface area contributed by atoms with Gasteiger partial charge in [0.15, 0.2) is 5.82 Å². The summed E-state index contributed by atoms with van der Waals surface area (Å²) >= 11 is 0. The third-order valence-electron chi connectivity index (χ3n) is 3.58. The van der Waals surface area contributed by atoms with Gasteiger partial charge in [0.1, 0.15) is 0 Å². The lowest BCUT2D eigenvalue weighted by Crippen LogP contribution is -2.49. The summed E-state index contributed by atoms with van der Waals surface area (Å²) < 4.78 is 1.56. The van der Waals surface area contributed by atoms with Gasteiger partial charge in [-0.05, 0) is 11.6 Å². The Labute approximate surface area is 125 Å². The number of carbonyl (C=O) groups is 3. The van der Waals surface area contributed by atoms with E-state index in [1.807, 2.05) is 0 Å². The van der Waals surface area contributed by atoms with E-state index in [1.165, 1.54) is 4.90 Å². The predicted molar refractivity (Wildman–Crippen MR) is 77.6 cm³/mol. The van der Waals surface area contributed by atoms with Crippen molar-refractivity contribution in [3.63, 3.8) is 0 Å². The molecule has 1 aliphatic heterocycles. The summed E-state index contributed by atoms with van der Waals surface area (Å²) in [4.78, 5) is 35.6. The van der Waals surface area contributed by atoms with Crippen LogP contribution in [0.3, 0.4) is 0 Å². The van der Waals surface area contributed by atoms with Crippen LogP contribution in [0.4, 0.5) is 10.6 Å². The van der Waals surface area contributed by atoms with E-state index in [4.69, 9.17) is 5.11 Å². The summed E-state index contributed by atoms with van der Waals surface area (Å²) in [7, 11) is 1.70. The Kier molecular flexibility index (Phi) is 3.28. The molecule has 3 amide bonds. The number of rotatable bonds is 3. The van der Waals surface area contributed by atoms with Gasteiger partial charge in [-0.2, -0.15) is 5.10 Å². The molecule has 2 N–H and O–H groups in total. The van der Waals surface area contributed by atoms with E-state index < -0.39 is 12.0 Å². The van der Waals surface area contributed by atoms with Crippen LogP contribution < -0.4 is 10.2 Å². The van der Waals surface area contributed by atoms with E-state index in [0.717, 1.165) is 0 Å². The number of amides is 3. The number of hydrogen-bond donors (Lipinski definition) is 2. The zero-order valence-corrected chi connectivity index (χ0v) is 11.9. The van der Waals surface area contributed by atoms with Crippen molar-refractivity contribution in [2.45, 2.75) is 12.8 Å². The van der Waals surface area contributed by atoms with Gasteiger partial charge in [0, 0.05) is 25.4 Å². The Morgan fingerprint density at radius 2 is 2.18 bits per heavy atom. The summed E-state index contributed by atoms with van der Waals surface area (Å²) in [5, 5.41) is 16.3. The third kappa shape index (κ3) is 2.28. The van der Waals surface area contributed by atoms with Crippen LogP contribution in [0.1, 0.15) is 12.0 Å². The molecular weight excluding hydrogens is 288 g/mol. The van der Waals surface area contributed by atoms with E-state index >= 15 is 0 Å². The second-order valence-corrected chi connectivity index (χ2v) is 5.09. The van der Waals surface area contributed by atoms with E-state index in [1.54, 1.807) is 29.9 Å². The molecule has 8 heteroatoms. The summed E-state index contributed by atoms with van der Waals surface area (Å²) in [5.41, 5.74) is 1.30. The molecule has 1 aromatic heterocycles. The van der Waals surface area contributed by atoms with Crippen LogP contribution in [0.25, 0.3) is 10.9 Å². The maximum Gasteiger partial charge on any atom is 0.329 e. The first-order valence-corrected chi connectivity index (χ1v) is 6.75. The van der Waals surface area contributed by atoms with Crippen LogP contribution in [0.2, 0.25) is 0 Å². The van der Waals surface area contributed by atoms with Gasteiger partial charge in [-0.1, -0.05) is 12.1 Å². The van der Waals surface area contributed by atoms with Crippen LogP contribution in [0.15, 0.2) is 18.2 Å². The molecule has 0 aliphatic carbocycles. The fourth-order valence-corrected chi connectivity index (χ4v) is 2.67. The number of benzene rings is 1. The Morgan fingerprint density at radius 3 is 2.86 bits per heavy atom. The number of aliphatic carboxylic acids is 1. The number of carboxylic acid groups (broad SMARTS) is 1. The van der Waals surface area contributed by atoms with E-state index in [9.17, 15) is 14.4 Å². The molecule has 0 saturated carbocycles. The Balaban J connectivity index is 2.10. The van der Waals surface area contributed by atoms with Crippen molar-refractivity contribution in [1.29, 1.82) is 0 Å².